The van der Waals surface area contributed by atoms with Crippen LogP contribution in [0.3, 0.4) is 0 Å². The lowest BCUT2D eigenvalue weighted by Gasteiger charge is -2.26. The summed E-state index contributed by atoms with van der Waals surface area (Å²) in [6, 6.07) is 13.6. The van der Waals surface area contributed by atoms with E-state index in [1.165, 1.54) is 4.90 Å². The van der Waals surface area contributed by atoms with Crippen molar-refractivity contribution in [2.75, 3.05) is 45.4 Å². The molecular formula is C27H34N2O4. The van der Waals surface area contributed by atoms with Crippen LogP contribution < -0.4 is 4.90 Å². The number of rotatable bonds is 10. The van der Waals surface area contributed by atoms with Gasteiger partial charge < -0.3 is 14.4 Å². The number of aryl methyl sites for hydroxylation is 2. The molecule has 0 saturated heterocycles. The zero-order valence-electron chi connectivity index (χ0n) is 20.5. The zero-order valence-corrected chi connectivity index (χ0v) is 20.5. The van der Waals surface area contributed by atoms with Gasteiger partial charge in [-0.05, 0) is 48.6 Å². The minimum Gasteiger partial charge on any atom is -0.383 e. The molecule has 0 atom stereocenters. The van der Waals surface area contributed by atoms with Gasteiger partial charge in [-0.2, -0.15) is 0 Å². The number of nitrogens with zero attached hydrogens (tertiary/aromatic N) is 2. The number of amides is 2. The molecule has 176 valence electrons. The van der Waals surface area contributed by atoms with E-state index in [9.17, 15) is 9.59 Å². The van der Waals surface area contributed by atoms with Crippen molar-refractivity contribution in [3.05, 3.63) is 70.4 Å². The summed E-state index contributed by atoms with van der Waals surface area (Å²) in [6.07, 6.45) is 0. The summed E-state index contributed by atoms with van der Waals surface area (Å²) in [7, 11) is 3.25. The lowest BCUT2D eigenvalue weighted by Crippen LogP contribution is -2.37. The normalized spacial score (nSPS) is 14.1. The Hall–Kier alpha value is -2.96. The first-order valence-electron chi connectivity index (χ1n) is 11.3. The van der Waals surface area contributed by atoms with Gasteiger partial charge in [0.15, 0.2) is 0 Å². The van der Waals surface area contributed by atoms with E-state index in [4.69, 9.17) is 9.47 Å². The molecule has 0 fully saturated rings. The molecule has 2 aromatic rings. The molecule has 33 heavy (non-hydrogen) atoms. The van der Waals surface area contributed by atoms with Gasteiger partial charge >= 0.3 is 0 Å². The van der Waals surface area contributed by atoms with Gasteiger partial charge in [0, 0.05) is 27.3 Å². The van der Waals surface area contributed by atoms with E-state index in [1.807, 2.05) is 61.2 Å². The molecular weight excluding hydrogens is 416 g/mol. The Balaban J connectivity index is 2.13. The van der Waals surface area contributed by atoms with Crippen molar-refractivity contribution in [3.63, 3.8) is 0 Å². The molecule has 2 aromatic carbocycles. The molecule has 0 aromatic heterocycles. The number of hydrogen-bond acceptors (Lipinski definition) is 5. The smallest absolute Gasteiger partial charge is 0.282 e. The van der Waals surface area contributed by atoms with Crippen LogP contribution in [0.15, 0.2) is 48.2 Å². The minimum atomic E-state index is -0.320. The van der Waals surface area contributed by atoms with Crippen LogP contribution in [0.1, 0.15) is 42.0 Å². The van der Waals surface area contributed by atoms with E-state index in [2.05, 4.69) is 13.8 Å². The minimum absolute atomic E-state index is 0.306. The summed E-state index contributed by atoms with van der Waals surface area (Å²) in [5.41, 5.74) is 5.39. The molecule has 0 bridgehead atoms. The third kappa shape index (κ3) is 5.18. The van der Waals surface area contributed by atoms with Crippen LogP contribution in [0.25, 0.3) is 5.57 Å². The predicted molar refractivity (Wildman–Crippen MR) is 131 cm³/mol. The van der Waals surface area contributed by atoms with Crippen molar-refractivity contribution in [3.8, 4) is 0 Å². The van der Waals surface area contributed by atoms with E-state index in [-0.39, 0.29) is 11.8 Å². The van der Waals surface area contributed by atoms with Crippen molar-refractivity contribution in [2.45, 2.75) is 33.6 Å². The van der Waals surface area contributed by atoms with Gasteiger partial charge in [0.1, 0.15) is 5.70 Å². The largest absolute Gasteiger partial charge is 0.383 e. The Morgan fingerprint density at radius 2 is 1.48 bits per heavy atom. The van der Waals surface area contributed by atoms with Gasteiger partial charge in [0.05, 0.1) is 24.5 Å². The summed E-state index contributed by atoms with van der Waals surface area (Å²) >= 11 is 0. The van der Waals surface area contributed by atoms with Crippen molar-refractivity contribution in [2.24, 2.45) is 0 Å². The van der Waals surface area contributed by atoms with E-state index in [0.29, 0.717) is 49.2 Å². The summed E-state index contributed by atoms with van der Waals surface area (Å²) in [5, 5.41) is 0. The fourth-order valence-electron chi connectivity index (χ4n) is 4.13. The van der Waals surface area contributed by atoms with Gasteiger partial charge in [0.2, 0.25) is 0 Å². The molecule has 1 aliphatic heterocycles. The summed E-state index contributed by atoms with van der Waals surface area (Å²) in [5.74, 6) is -0.263. The monoisotopic (exact) mass is 450 g/mol. The molecule has 2 amide bonds. The topological polar surface area (TPSA) is 59.1 Å². The molecule has 6 heteroatoms. The van der Waals surface area contributed by atoms with Crippen molar-refractivity contribution < 1.29 is 19.1 Å². The highest BCUT2D eigenvalue weighted by atomic mass is 16.5. The Bertz CT molecular complexity index is 1030. The maximum Gasteiger partial charge on any atom is 0.282 e. The molecule has 1 heterocycles. The average Bonchev–Trinajstić information content (AvgIpc) is 3.04. The highest BCUT2D eigenvalue weighted by molar-refractivity contribution is 6.45. The molecule has 3 rings (SSSR count). The lowest BCUT2D eigenvalue weighted by atomic mass is 9.97. The van der Waals surface area contributed by atoms with Crippen LogP contribution in [0.4, 0.5) is 5.69 Å². The van der Waals surface area contributed by atoms with Crippen LogP contribution in [0.5, 0.6) is 0 Å². The number of ether oxygens (including phenoxy) is 2. The molecule has 0 N–H and O–H groups in total. The third-order valence-electron chi connectivity index (χ3n) is 5.98. The number of methoxy groups -OCH3 is 2. The highest BCUT2D eigenvalue weighted by Gasteiger charge is 2.42. The first-order chi connectivity index (χ1) is 15.8. The van der Waals surface area contributed by atoms with Gasteiger partial charge in [0.25, 0.3) is 11.8 Å². The second kappa shape index (κ2) is 10.8. The standard InChI is InChI=1S/C27H34N2O4/c1-18(2)21-8-10-22(11-9-21)29-26(30)24(23-12-7-19(3)17-20(23)4)25(27(29)31)28(13-15-32-5)14-16-33-6/h7-12,17-18H,13-16H2,1-6H3. The van der Waals surface area contributed by atoms with Gasteiger partial charge in [-0.15, -0.1) is 0 Å². The number of carbonyl (C=O) groups excluding carboxylic acids is 2. The van der Waals surface area contributed by atoms with Gasteiger partial charge in [-0.3, -0.25) is 9.59 Å². The molecule has 6 nitrogen and oxygen atoms in total. The van der Waals surface area contributed by atoms with E-state index in [0.717, 1.165) is 22.3 Å². The van der Waals surface area contributed by atoms with Crippen LogP contribution >= 0.6 is 0 Å². The predicted octanol–water partition coefficient (Wildman–Crippen LogP) is 4.31. The molecule has 1 aliphatic rings. The molecule has 0 spiro atoms. The highest BCUT2D eigenvalue weighted by Crippen LogP contribution is 2.36. The van der Waals surface area contributed by atoms with E-state index >= 15 is 0 Å². The van der Waals surface area contributed by atoms with Gasteiger partial charge in [-0.1, -0.05) is 49.7 Å². The Kier molecular flexibility index (Phi) is 8.06. The molecule has 0 aliphatic carbocycles. The number of carbonyl (C=O) groups is 2. The van der Waals surface area contributed by atoms with Crippen molar-refractivity contribution in [1.82, 2.24) is 4.90 Å². The second-order valence-electron chi connectivity index (χ2n) is 8.71. The molecule has 0 saturated carbocycles. The number of imide groups is 1. The summed E-state index contributed by atoms with van der Waals surface area (Å²) in [6.45, 7) is 10.0. The van der Waals surface area contributed by atoms with Crippen LogP contribution in [0.2, 0.25) is 0 Å². The number of benzene rings is 2. The molecule has 0 radical (unpaired) electrons. The summed E-state index contributed by atoms with van der Waals surface area (Å²) in [4.78, 5) is 30.8. The maximum absolute atomic E-state index is 13.8. The Morgan fingerprint density at radius 1 is 0.879 bits per heavy atom. The second-order valence-corrected chi connectivity index (χ2v) is 8.71. The third-order valence-corrected chi connectivity index (χ3v) is 5.98. The van der Waals surface area contributed by atoms with Crippen molar-refractivity contribution >= 4 is 23.1 Å². The van der Waals surface area contributed by atoms with Gasteiger partial charge in [-0.25, -0.2) is 4.90 Å². The quantitative estimate of drug-likeness (QED) is 0.505. The van der Waals surface area contributed by atoms with Crippen LogP contribution in [0, 0.1) is 13.8 Å². The fourth-order valence-corrected chi connectivity index (χ4v) is 4.13. The fraction of sp³-hybridized carbons (Fsp3) is 0.407. The van der Waals surface area contributed by atoms with Crippen LogP contribution in [-0.4, -0.2) is 57.2 Å². The SMILES string of the molecule is COCCN(CCOC)C1=C(c2ccc(C)cc2C)C(=O)N(c2ccc(C(C)C)cc2)C1=O. The first-order valence-corrected chi connectivity index (χ1v) is 11.3. The zero-order chi connectivity index (χ0) is 24.1. The van der Waals surface area contributed by atoms with E-state index < -0.39 is 0 Å². The first kappa shape index (κ1) is 24.7. The Morgan fingerprint density at radius 3 is 2.00 bits per heavy atom. The maximum atomic E-state index is 13.8. The Labute approximate surface area is 196 Å². The average molecular weight is 451 g/mol. The number of anilines is 1. The van der Waals surface area contributed by atoms with Crippen molar-refractivity contribution in [1.29, 1.82) is 0 Å². The lowest BCUT2D eigenvalue weighted by molar-refractivity contribution is -0.120. The summed E-state index contributed by atoms with van der Waals surface area (Å²) < 4.78 is 10.6. The van der Waals surface area contributed by atoms with E-state index in [1.54, 1.807) is 14.2 Å². The molecule has 0 unspecified atom stereocenters. The van der Waals surface area contributed by atoms with Crippen LogP contribution in [-0.2, 0) is 19.1 Å². The number of hydrogen-bond donors (Lipinski definition) is 0.